The zero-order valence-electron chi connectivity index (χ0n) is 15.0. The molecule has 0 fully saturated rings. The highest BCUT2D eigenvalue weighted by Crippen LogP contribution is 2.22. The minimum Gasteiger partial charge on any atom is -0.497 e. The molecular weight excluding hydrogens is 372 g/mol. The summed E-state index contributed by atoms with van der Waals surface area (Å²) < 4.78 is 16.6. The molecule has 0 unspecified atom stereocenters. The Bertz CT molecular complexity index is 975. The van der Waals surface area contributed by atoms with Crippen LogP contribution in [-0.4, -0.2) is 45.0 Å². The topological polar surface area (TPSA) is 147 Å². The summed E-state index contributed by atoms with van der Waals surface area (Å²) in [6, 6.07) is 6.48. The lowest BCUT2D eigenvalue weighted by Gasteiger charge is -2.08. The van der Waals surface area contributed by atoms with Crippen molar-refractivity contribution in [1.82, 2.24) is 25.2 Å². The van der Waals surface area contributed by atoms with Gasteiger partial charge in [0.2, 0.25) is 0 Å². The standard InChI is InChI=1S/C16H16N6O6/c1-26-11-5-10(6-12(7-11)27-2)8-17-15(23)16-18-13(20-28-16)9-21-4-3-14(19-21)22(24)25/h3-7H,8-9H2,1-2H3,(H,17,23). The number of ether oxygens (including phenoxy) is 2. The van der Waals surface area contributed by atoms with E-state index in [9.17, 15) is 14.9 Å². The number of hydrogen-bond donors (Lipinski definition) is 1. The third-order valence-corrected chi connectivity index (χ3v) is 3.64. The van der Waals surface area contributed by atoms with Gasteiger partial charge in [-0.25, -0.2) is 0 Å². The van der Waals surface area contributed by atoms with Gasteiger partial charge in [-0.2, -0.15) is 9.67 Å². The van der Waals surface area contributed by atoms with E-state index in [0.29, 0.717) is 11.5 Å². The smallest absolute Gasteiger partial charge is 0.389 e. The third-order valence-electron chi connectivity index (χ3n) is 3.64. The van der Waals surface area contributed by atoms with Crippen LogP contribution >= 0.6 is 0 Å². The molecule has 0 saturated heterocycles. The first-order valence-electron chi connectivity index (χ1n) is 7.99. The van der Waals surface area contributed by atoms with Crippen LogP contribution in [0.3, 0.4) is 0 Å². The monoisotopic (exact) mass is 388 g/mol. The van der Waals surface area contributed by atoms with Gasteiger partial charge in [0.25, 0.3) is 0 Å². The second-order valence-corrected chi connectivity index (χ2v) is 5.55. The average molecular weight is 388 g/mol. The first-order valence-corrected chi connectivity index (χ1v) is 7.99. The Morgan fingerprint density at radius 2 is 2.00 bits per heavy atom. The van der Waals surface area contributed by atoms with Crippen molar-refractivity contribution in [2.75, 3.05) is 14.2 Å². The van der Waals surface area contributed by atoms with Gasteiger partial charge < -0.3 is 29.4 Å². The summed E-state index contributed by atoms with van der Waals surface area (Å²) in [5.74, 6) is 0.258. The predicted octanol–water partition coefficient (Wildman–Crippen LogP) is 1.17. The summed E-state index contributed by atoms with van der Waals surface area (Å²) in [6.07, 6.45) is 1.41. The fourth-order valence-corrected chi connectivity index (χ4v) is 2.32. The zero-order valence-corrected chi connectivity index (χ0v) is 15.0. The number of hydrogen-bond acceptors (Lipinski definition) is 9. The zero-order chi connectivity index (χ0) is 20.1. The molecule has 2 heterocycles. The van der Waals surface area contributed by atoms with E-state index in [-0.39, 0.29) is 30.6 Å². The number of nitrogens with zero attached hydrogens (tertiary/aromatic N) is 5. The van der Waals surface area contributed by atoms with Crippen LogP contribution in [-0.2, 0) is 13.1 Å². The van der Waals surface area contributed by atoms with Gasteiger partial charge in [-0.1, -0.05) is 5.16 Å². The van der Waals surface area contributed by atoms with Gasteiger partial charge in [-0.05, 0) is 22.6 Å². The molecule has 1 aromatic carbocycles. The van der Waals surface area contributed by atoms with Gasteiger partial charge in [0.1, 0.15) is 18.0 Å². The number of aromatic nitrogens is 4. The van der Waals surface area contributed by atoms with Crippen molar-refractivity contribution in [2.24, 2.45) is 0 Å². The van der Waals surface area contributed by atoms with Crippen molar-refractivity contribution in [3.63, 3.8) is 0 Å². The van der Waals surface area contributed by atoms with E-state index >= 15 is 0 Å². The van der Waals surface area contributed by atoms with Crippen LogP contribution in [0, 0.1) is 10.1 Å². The second-order valence-electron chi connectivity index (χ2n) is 5.55. The van der Waals surface area contributed by atoms with Crippen molar-refractivity contribution in [3.8, 4) is 11.5 Å². The molecule has 3 aromatic rings. The van der Waals surface area contributed by atoms with Crippen LogP contribution in [0.2, 0.25) is 0 Å². The summed E-state index contributed by atoms with van der Waals surface area (Å²) in [5, 5.41) is 20.7. The number of carbonyl (C=O) groups excluding carboxylic acids is 1. The van der Waals surface area contributed by atoms with E-state index in [1.54, 1.807) is 18.2 Å². The molecule has 0 saturated carbocycles. The van der Waals surface area contributed by atoms with Gasteiger partial charge in [0.05, 0.1) is 31.6 Å². The Kier molecular flexibility index (Phi) is 5.48. The minimum atomic E-state index is -0.612. The first kappa shape index (κ1) is 18.8. The van der Waals surface area contributed by atoms with Crippen LogP contribution in [0.15, 0.2) is 35.0 Å². The summed E-state index contributed by atoms with van der Waals surface area (Å²) in [6.45, 7) is 0.215. The lowest BCUT2D eigenvalue weighted by Crippen LogP contribution is -2.23. The molecule has 0 aliphatic carbocycles. The summed E-state index contributed by atoms with van der Waals surface area (Å²) in [7, 11) is 3.07. The van der Waals surface area contributed by atoms with Gasteiger partial charge in [0, 0.05) is 12.6 Å². The molecule has 28 heavy (non-hydrogen) atoms. The molecule has 12 nitrogen and oxygen atoms in total. The molecule has 146 valence electrons. The van der Waals surface area contributed by atoms with Crippen molar-refractivity contribution in [3.05, 3.63) is 57.9 Å². The first-order chi connectivity index (χ1) is 13.5. The third kappa shape index (κ3) is 4.41. The fraction of sp³-hybridized carbons (Fsp3) is 0.250. The number of carbonyl (C=O) groups is 1. The largest absolute Gasteiger partial charge is 0.497 e. The van der Waals surface area contributed by atoms with Gasteiger partial charge in [-0.3, -0.25) is 4.79 Å². The Morgan fingerprint density at radius 1 is 1.29 bits per heavy atom. The number of rotatable bonds is 8. The molecule has 0 atom stereocenters. The molecule has 0 bridgehead atoms. The van der Waals surface area contributed by atoms with E-state index in [1.165, 1.54) is 31.2 Å². The maximum absolute atomic E-state index is 12.2. The maximum atomic E-state index is 12.2. The molecule has 0 radical (unpaired) electrons. The van der Waals surface area contributed by atoms with E-state index in [1.807, 2.05) is 0 Å². The van der Waals surface area contributed by atoms with E-state index < -0.39 is 10.8 Å². The minimum absolute atomic E-state index is 0.0255. The molecule has 1 N–H and O–H groups in total. The molecule has 2 aromatic heterocycles. The predicted molar refractivity (Wildman–Crippen MR) is 93.0 cm³/mol. The quantitative estimate of drug-likeness (QED) is 0.443. The Labute approximate surface area is 158 Å². The number of benzene rings is 1. The van der Waals surface area contributed by atoms with Crippen molar-refractivity contribution in [1.29, 1.82) is 0 Å². The van der Waals surface area contributed by atoms with Gasteiger partial charge in [-0.15, -0.1) is 0 Å². The Balaban J connectivity index is 1.61. The highest BCUT2D eigenvalue weighted by Gasteiger charge is 2.18. The second kappa shape index (κ2) is 8.16. The summed E-state index contributed by atoms with van der Waals surface area (Å²) in [4.78, 5) is 26.2. The molecule has 0 aliphatic heterocycles. The molecular formula is C16H16N6O6. The maximum Gasteiger partial charge on any atom is 0.389 e. The summed E-state index contributed by atoms with van der Waals surface area (Å²) >= 11 is 0. The van der Waals surface area contributed by atoms with Gasteiger partial charge >= 0.3 is 17.6 Å². The molecule has 12 heteroatoms. The van der Waals surface area contributed by atoms with Crippen molar-refractivity contribution in [2.45, 2.75) is 13.1 Å². The lowest BCUT2D eigenvalue weighted by atomic mass is 10.2. The van der Waals surface area contributed by atoms with Crippen LogP contribution in [0.5, 0.6) is 11.5 Å². The number of nitrogens with one attached hydrogen (secondary N) is 1. The SMILES string of the molecule is COc1cc(CNC(=O)c2nc(Cn3ccc([N+](=O)[O-])n3)no2)cc(OC)c1. The summed E-state index contributed by atoms with van der Waals surface area (Å²) in [5.41, 5.74) is 0.758. The highest BCUT2D eigenvalue weighted by molar-refractivity contribution is 5.89. The number of methoxy groups -OCH3 is 2. The van der Waals surface area contributed by atoms with Crippen molar-refractivity contribution < 1.29 is 23.7 Å². The Hall–Kier alpha value is -3.96. The molecule has 1 amide bonds. The molecule has 3 rings (SSSR count). The van der Waals surface area contributed by atoms with E-state index in [0.717, 1.165) is 5.56 Å². The molecule has 0 aliphatic rings. The van der Waals surface area contributed by atoms with Crippen molar-refractivity contribution >= 4 is 11.7 Å². The Morgan fingerprint density at radius 3 is 2.61 bits per heavy atom. The van der Waals surface area contributed by atoms with Crippen LogP contribution in [0.1, 0.15) is 22.1 Å². The fourth-order valence-electron chi connectivity index (χ4n) is 2.32. The van der Waals surface area contributed by atoms with Crippen LogP contribution < -0.4 is 14.8 Å². The lowest BCUT2D eigenvalue weighted by molar-refractivity contribution is -0.389. The highest BCUT2D eigenvalue weighted by atomic mass is 16.6. The van der Waals surface area contributed by atoms with Crippen LogP contribution in [0.4, 0.5) is 5.82 Å². The van der Waals surface area contributed by atoms with E-state index in [2.05, 4.69) is 20.6 Å². The van der Waals surface area contributed by atoms with Crippen LogP contribution in [0.25, 0.3) is 0 Å². The normalized spacial score (nSPS) is 10.5. The number of amides is 1. The molecule has 0 spiro atoms. The average Bonchev–Trinajstić information content (AvgIpc) is 3.36. The van der Waals surface area contributed by atoms with Gasteiger partial charge in [0.15, 0.2) is 5.82 Å². The number of nitro groups is 1. The van der Waals surface area contributed by atoms with E-state index in [4.69, 9.17) is 14.0 Å².